The van der Waals surface area contributed by atoms with Gasteiger partial charge in [-0.15, -0.1) is 11.6 Å². The molecule has 1 unspecified atom stereocenters. The van der Waals surface area contributed by atoms with Crippen molar-refractivity contribution >= 4 is 50.3 Å². The second-order valence-electron chi connectivity index (χ2n) is 4.50. The van der Waals surface area contributed by atoms with Crippen molar-refractivity contribution in [1.82, 2.24) is 9.55 Å². The summed E-state index contributed by atoms with van der Waals surface area (Å²) in [6.07, 6.45) is 1.14. The maximum absolute atomic E-state index is 6.05. The fourth-order valence-corrected chi connectivity index (χ4v) is 3.56. The van der Waals surface area contributed by atoms with Gasteiger partial charge in [0.2, 0.25) is 0 Å². The zero-order valence-electron chi connectivity index (χ0n) is 11.2. The van der Waals surface area contributed by atoms with Crippen LogP contribution in [0.5, 0.6) is 0 Å². The molecule has 1 aromatic heterocycles. The number of hydrogen-bond donors (Lipinski definition) is 0. The molecule has 0 fully saturated rings. The molecule has 0 aliphatic rings. The van der Waals surface area contributed by atoms with Gasteiger partial charge in [-0.05, 0) is 43.0 Å². The Labute approximate surface area is 132 Å². The van der Waals surface area contributed by atoms with Gasteiger partial charge in [0, 0.05) is 10.5 Å². The minimum absolute atomic E-state index is 0.423. The molecular formula is C14H18BrClN2S. The molecule has 2 nitrogen and oxygen atoms in total. The standard InChI is InChI=1S/C14H18BrClN2S/c1-3-19-7-6-10(2)18-13-8-11(15)4-5-12(13)17-14(18)9-16/h4-5,8,10H,3,6-7,9H2,1-2H3. The number of halogens is 2. The third kappa shape index (κ3) is 3.47. The molecule has 0 spiro atoms. The molecular weight excluding hydrogens is 344 g/mol. The van der Waals surface area contributed by atoms with Crippen LogP contribution in [0, 0.1) is 0 Å². The number of aromatic nitrogens is 2. The topological polar surface area (TPSA) is 17.8 Å². The number of imidazole rings is 1. The van der Waals surface area contributed by atoms with Gasteiger partial charge in [0.05, 0.1) is 16.9 Å². The summed E-state index contributed by atoms with van der Waals surface area (Å²) >= 11 is 11.6. The van der Waals surface area contributed by atoms with Crippen LogP contribution in [-0.4, -0.2) is 21.1 Å². The van der Waals surface area contributed by atoms with Crippen molar-refractivity contribution in [1.29, 1.82) is 0 Å². The fraction of sp³-hybridized carbons (Fsp3) is 0.500. The average Bonchev–Trinajstić information content (AvgIpc) is 2.76. The van der Waals surface area contributed by atoms with Crippen molar-refractivity contribution < 1.29 is 0 Å². The molecule has 0 amide bonds. The van der Waals surface area contributed by atoms with Gasteiger partial charge in [0.25, 0.3) is 0 Å². The molecule has 0 aliphatic heterocycles. The van der Waals surface area contributed by atoms with Crippen LogP contribution in [0.25, 0.3) is 11.0 Å². The second-order valence-corrected chi connectivity index (χ2v) is 7.08. The number of thioether (sulfide) groups is 1. The molecule has 0 saturated heterocycles. The zero-order chi connectivity index (χ0) is 13.8. The highest BCUT2D eigenvalue weighted by Gasteiger charge is 2.15. The van der Waals surface area contributed by atoms with E-state index in [0.717, 1.165) is 22.2 Å². The van der Waals surface area contributed by atoms with Crippen LogP contribution < -0.4 is 0 Å². The van der Waals surface area contributed by atoms with Gasteiger partial charge in [-0.3, -0.25) is 0 Å². The van der Waals surface area contributed by atoms with Crippen LogP contribution in [0.4, 0.5) is 0 Å². The Hall–Kier alpha value is -0.190. The SMILES string of the molecule is CCSCCC(C)n1c(CCl)nc2ccc(Br)cc21. The number of fused-ring (bicyclic) bond motifs is 1. The number of benzene rings is 1. The monoisotopic (exact) mass is 360 g/mol. The van der Waals surface area contributed by atoms with Gasteiger partial charge >= 0.3 is 0 Å². The quantitative estimate of drug-likeness (QED) is 0.517. The first-order valence-corrected chi connectivity index (χ1v) is 8.95. The average molecular weight is 362 g/mol. The van der Waals surface area contributed by atoms with E-state index < -0.39 is 0 Å². The first-order valence-electron chi connectivity index (χ1n) is 6.47. The van der Waals surface area contributed by atoms with Crippen LogP contribution in [0.1, 0.15) is 32.1 Å². The van der Waals surface area contributed by atoms with Crippen molar-refractivity contribution in [3.63, 3.8) is 0 Å². The van der Waals surface area contributed by atoms with Crippen molar-refractivity contribution in [2.24, 2.45) is 0 Å². The van der Waals surface area contributed by atoms with Crippen molar-refractivity contribution in [2.45, 2.75) is 32.2 Å². The van der Waals surface area contributed by atoms with Gasteiger partial charge in [0.1, 0.15) is 5.82 Å². The van der Waals surface area contributed by atoms with E-state index in [1.807, 2.05) is 23.9 Å². The Morgan fingerprint density at radius 2 is 2.26 bits per heavy atom. The first-order chi connectivity index (χ1) is 9.17. The summed E-state index contributed by atoms with van der Waals surface area (Å²) in [5.41, 5.74) is 2.19. The smallest absolute Gasteiger partial charge is 0.125 e. The predicted octanol–water partition coefficient (Wildman–Crippen LogP) is 5.24. The molecule has 2 rings (SSSR count). The van der Waals surface area contributed by atoms with E-state index in [4.69, 9.17) is 11.6 Å². The zero-order valence-corrected chi connectivity index (χ0v) is 14.4. The second kappa shape index (κ2) is 7.00. The fourth-order valence-electron chi connectivity index (χ4n) is 2.23. The number of rotatable bonds is 6. The summed E-state index contributed by atoms with van der Waals surface area (Å²) in [5.74, 6) is 3.76. The van der Waals surface area contributed by atoms with Gasteiger partial charge in [0.15, 0.2) is 0 Å². The van der Waals surface area contributed by atoms with E-state index >= 15 is 0 Å². The van der Waals surface area contributed by atoms with E-state index in [1.165, 1.54) is 17.0 Å². The third-order valence-electron chi connectivity index (χ3n) is 3.17. The number of nitrogens with zero attached hydrogens (tertiary/aromatic N) is 2. The van der Waals surface area contributed by atoms with E-state index in [1.54, 1.807) is 0 Å². The molecule has 1 atom stereocenters. The summed E-state index contributed by atoms with van der Waals surface area (Å²) in [6, 6.07) is 6.61. The maximum Gasteiger partial charge on any atom is 0.125 e. The molecule has 0 aliphatic carbocycles. The lowest BCUT2D eigenvalue weighted by molar-refractivity contribution is 0.534. The number of hydrogen-bond acceptors (Lipinski definition) is 2. The maximum atomic E-state index is 6.05. The molecule has 5 heteroatoms. The van der Waals surface area contributed by atoms with Crippen molar-refractivity contribution in [3.8, 4) is 0 Å². The summed E-state index contributed by atoms with van der Waals surface area (Å²) in [7, 11) is 0. The van der Waals surface area contributed by atoms with Crippen LogP contribution in [0.15, 0.2) is 22.7 Å². The summed E-state index contributed by atoms with van der Waals surface area (Å²) < 4.78 is 3.36. The lowest BCUT2D eigenvalue weighted by Gasteiger charge is -2.16. The predicted molar refractivity (Wildman–Crippen MR) is 89.3 cm³/mol. The molecule has 104 valence electrons. The molecule has 1 aromatic carbocycles. The van der Waals surface area contributed by atoms with E-state index in [2.05, 4.69) is 45.4 Å². The highest BCUT2D eigenvalue weighted by Crippen LogP contribution is 2.27. The van der Waals surface area contributed by atoms with Crippen LogP contribution in [0.2, 0.25) is 0 Å². The van der Waals surface area contributed by atoms with E-state index in [-0.39, 0.29) is 0 Å². The van der Waals surface area contributed by atoms with Crippen LogP contribution >= 0.6 is 39.3 Å². The molecule has 1 heterocycles. The number of alkyl halides is 1. The largest absolute Gasteiger partial charge is 0.324 e. The Kier molecular flexibility index (Phi) is 5.60. The van der Waals surface area contributed by atoms with Gasteiger partial charge < -0.3 is 4.57 Å². The lowest BCUT2D eigenvalue weighted by atomic mass is 10.2. The van der Waals surface area contributed by atoms with Gasteiger partial charge in [-0.25, -0.2) is 4.98 Å². The molecule has 0 radical (unpaired) electrons. The van der Waals surface area contributed by atoms with Gasteiger partial charge in [-0.1, -0.05) is 22.9 Å². The summed E-state index contributed by atoms with van der Waals surface area (Å²) in [5, 5.41) is 0. The first kappa shape index (κ1) is 15.2. The Morgan fingerprint density at radius 3 is 2.95 bits per heavy atom. The van der Waals surface area contributed by atoms with E-state index in [9.17, 15) is 0 Å². The third-order valence-corrected chi connectivity index (χ3v) is 4.83. The van der Waals surface area contributed by atoms with E-state index in [0.29, 0.717) is 11.9 Å². The molecule has 19 heavy (non-hydrogen) atoms. The molecule has 0 N–H and O–H groups in total. The minimum Gasteiger partial charge on any atom is -0.324 e. The molecule has 2 aromatic rings. The van der Waals surface area contributed by atoms with Crippen molar-refractivity contribution in [2.75, 3.05) is 11.5 Å². The lowest BCUT2D eigenvalue weighted by Crippen LogP contribution is -2.09. The van der Waals surface area contributed by atoms with Crippen LogP contribution in [-0.2, 0) is 5.88 Å². The Bertz CT molecular complexity index is 556. The molecule has 0 bridgehead atoms. The highest BCUT2D eigenvalue weighted by atomic mass is 79.9. The summed E-state index contributed by atoms with van der Waals surface area (Å²) in [6.45, 7) is 4.44. The van der Waals surface area contributed by atoms with Crippen LogP contribution in [0.3, 0.4) is 0 Å². The van der Waals surface area contributed by atoms with Gasteiger partial charge in [-0.2, -0.15) is 11.8 Å². The Balaban J connectivity index is 2.35. The normalized spacial score (nSPS) is 13.1. The molecule has 0 saturated carbocycles. The summed E-state index contributed by atoms with van der Waals surface area (Å²) in [4.78, 5) is 4.62. The van der Waals surface area contributed by atoms with Crippen molar-refractivity contribution in [3.05, 3.63) is 28.5 Å². The highest BCUT2D eigenvalue weighted by molar-refractivity contribution is 9.10. The Morgan fingerprint density at radius 1 is 1.47 bits per heavy atom. The minimum atomic E-state index is 0.423.